The molecular weight excluding hydrogens is 326 g/mol. The van der Waals surface area contributed by atoms with Crippen LogP contribution in [-0.4, -0.2) is 53.5 Å². The second-order valence-corrected chi connectivity index (χ2v) is 6.84. The van der Waals surface area contributed by atoms with Crippen molar-refractivity contribution in [1.29, 1.82) is 0 Å². The van der Waals surface area contributed by atoms with Gasteiger partial charge >= 0.3 is 0 Å². The first kappa shape index (κ1) is 18.2. The third kappa shape index (κ3) is 4.12. The maximum Gasteiger partial charge on any atom is 0.253 e. The number of nitrogens with zero attached hydrogens (tertiary/aromatic N) is 4. The molecule has 0 radical (unpaired) electrons. The topological polar surface area (TPSA) is 61.4 Å². The summed E-state index contributed by atoms with van der Waals surface area (Å²) in [6.07, 6.45) is 0. The summed E-state index contributed by atoms with van der Waals surface area (Å²) < 4.78 is 0. The minimum Gasteiger partial charge on any atom is -0.370 e. The van der Waals surface area contributed by atoms with E-state index in [-0.39, 0.29) is 5.91 Å². The molecule has 1 amide bonds. The molecule has 0 saturated carbocycles. The van der Waals surface area contributed by atoms with Gasteiger partial charge in [-0.25, -0.2) is 9.97 Å². The van der Waals surface area contributed by atoms with Crippen LogP contribution in [0.2, 0.25) is 0 Å². The van der Waals surface area contributed by atoms with Crippen LogP contribution in [0.5, 0.6) is 0 Å². The second kappa shape index (κ2) is 7.72. The molecule has 1 N–H and O–H groups in total. The maximum absolute atomic E-state index is 12.8. The van der Waals surface area contributed by atoms with Crippen molar-refractivity contribution in [1.82, 2.24) is 14.9 Å². The predicted octanol–water partition coefficient (Wildman–Crippen LogP) is 2.80. The van der Waals surface area contributed by atoms with Crippen LogP contribution in [0.15, 0.2) is 24.3 Å². The Balaban J connectivity index is 1.68. The summed E-state index contributed by atoms with van der Waals surface area (Å²) in [7, 11) is 0. The van der Waals surface area contributed by atoms with Gasteiger partial charge in [-0.1, -0.05) is 17.2 Å². The van der Waals surface area contributed by atoms with Gasteiger partial charge in [-0.05, 0) is 39.8 Å². The van der Waals surface area contributed by atoms with Crippen LogP contribution in [-0.2, 0) is 0 Å². The number of hydrogen-bond donors (Lipinski definition) is 1. The fourth-order valence-corrected chi connectivity index (χ4v) is 3.40. The van der Waals surface area contributed by atoms with E-state index < -0.39 is 0 Å². The van der Waals surface area contributed by atoms with Gasteiger partial charge in [-0.15, -0.1) is 0 Å². The van der Waals surface area contributed by atoms with Crippen molar-refractivity contribution in [2.45, 2.75) is 27.7 Å². The molecule has 0 spiro atoms. The van der Waals surface area contributed by atoms with Crippen LogP contribution in [0.25, 0.3) is 0 Å². The highest BCUT2D eigenvalue weighted by Crippen LogP contribution is 2.19. The minimum absolute atomic E-state index is 0.114. The quantitative estimate of drug-likeness (QED) is 0.916. The van der Waals surface area contributed by atoms with Gasteiger partial charge in [0.2, 0.25) is 0 Å². The third-order valence-electron chi connectivity index (χ3n) is 4.54. The zero-order chi connectivity index (χ0) is 18.7. The molecule has 1 aromatic carbocycles. The molecule has 1 aliphatic heterocycles. The average molecular weight is 353 g/mol. The van der Waals surface area contributed by atoms with Crippen molar-refractivity contribution in [3.8, 4) is 0 Å². The van der Waals surface area contributed by atoms with Gasteiger partial charge in [0.05, 0.1) is 0 Å². The van der Waals surface area contributed by atoms with Crippen molar-refractivity contribution in [3.05, 3.63) is 46.8 Å². The van der Waals surface area contributed by atoms with Crippen LogP contribution >= 0.6 is 0 Å². The van der Waals surface area contributed by atoms with Crippen molar-refractivity contribution < 1.29 is 4.79 Å². The van der Waals surface area contributed by atoms with Gasteiger partial charge in [-0.2, -0.15) is 0 Å². The smallest absolute Gasteiger partial charge is 0.253 e. The van der Waals surface area contributed by atoms with Gasteiger partial charge < -0.3 is 15.1 Å². The van der Waals surface area contributed by atoms with E-state index in [1.54, 1.807) is 0 Å². The Morgan fingerprint density at radius 2 is 1.65 bits per heavy atom. The normalized spacial score (nSPS) is 14.5. The molecule has 26 heavy (non-hydrogen) atoms. The second-order valence-electron chi connectivity index (χ2n) is 6.84. The molecule has 1 aromatic heterocycles. The first-order chi connectivity index (χ1) is 12.5. The fourth-order valence-electron chi connectivity index (χ4n) is 3.40. The lowest BCUT2D eigenvalue weighted by Crippen LogP contribution is -2.49. The minimum atomic E-state index is 0.114. The van der Waals surface area contributed by atoms with Crippen LogP contribution < -0.4 is 10.2 Å². The monoisotopic (exact) mass is 353 g/mol. The number of nitrogens with one attached hydrogen (secondary N) is 1. The molecule has 1 fully saturated rings. The Morgan fingerprint density at radius 1 is 1.00 bits per heavy atom. The van der Waals surface area contributed by atoms with E-state index in [9.17, 15) is 4.79 Å². The Kier molecular flexibility index (Phi) is 5.40. The number of aromatic nitrogens is 2. The summed E-state index contributed by atoms with van der Waals surface area (Å²) in [5, 5.41) is 3.24. The third-order valence-corrected chi connectivity index (χ3v) is 4.54. The molecule has 6 nitrogen and oxygen atoms in total. The van der Waals surface area contributed by atoms with Crippen LogP contribution in [0.4, 0.5) is 11.6 Å². The predicted molar refractivity (Wildman–Crippen MR) is 105 cm³/mol. The Hall–Kier alpha value is -2.63. The zero-order valence-corrected chi connectivity index (χ0v) is 16.0. The lowest BCUT2D eigenvalue weighted by Gasteiger charge is -2.35. The van der Waals surface area contributed by atoms with Gasteiger partial charge in [-0.3, -0.25) is 4.79 Å². The molecule has 1 saturated heterocycles. The van der Waals surface area contributed by atoms with Crippen molar-refractivity contribution in [2.75, 3.05) is 42.9 Å². The van der Waals surface area contributed by atoms with E-state index >= 15 is 0 Å². The number of carbonyl (C=O) groups excluding carboxylic acids is 1. The molecule has 2 heterocycles. The number of rotatable bonds is 4. The number of hydrogen-bond acceptors (Lipinski definition) is 5. The van der Waals surface area contributed by atoms with Gasteiger partial charge in [0, 0.05) is 44.4 Å². The SMILES string of the molecule is CCNc1cc(N2CCN(C(=O)c3cc(C)cc(C)c3)CC2)nc(C)n1. The van der Waals surface area contributed by atoms with E-state index in [0.29, 0.717) is 13.1 Å². The molecule has 138 valence electrons. The highest BCUT2D eigenvalue weighted by atomic mass is 16.2. The molecule has 0 aliphatic carbocycles. The number of benzene rings is 1. The van der Waals surface area contributed by atoms with E-state index in [2.05, 4.69) is 33.2 Å². The summed E-state index contributed by atoms with van der Waals surface area (Å²) in [6.45, 7) is 11.8. The lowest BCUT2D eigenvalue weighted by atomic mass is 10.1. The molecule has 0 unspecified atom stereocenters. The highest BCUT2D eigenvalue weighted by molar-refractivity contribution is 5.94. The lowest BCUT2D eigenvalue weighted by molar-refractivity contribution is 0.0746. The maximum atomic E-state index is 12.8. The van der Waals surface area contributed by atoms with E-state index in [0.717, 1.165) is 53.8 Å². The standard InChI is InChI=1S/C20H27N5O/c1-5-21-18-13-19(23-16(4)22-18)24-6-8-25(9-7-24)20(26)17-11-14(2)10-15(3)12-17/h10-13H,5-9H2,1-4H3,(H,21,22,23). The molecule has 3 rings (SSSR count). The molecule has 2 aromatic rings. The Bertz CT molecular complexity index is 777. The first-order valence-electron chi connectivity index (χ1n) is 9.18. The molecule has 0 bridgehead atoms. The van der Waals surface area contributed by atoms with Crippen molar-refractivity contribution >= 4 is 17.5 Å². The van der Waals surface area contributed by atoms with Crippen molar-refractivity contribution in [2.24, 2.45) is 0 Å². The van der Waals surface area contributed by atoms with E-state index in [1.165, 1.54) is 0 Å². The molecule has 1 aliphatic rings. The summed E-state index contributed by atoms with van der Waals surface area (Å²) in [4.78, 5) is 25.9. The van der Waals surface area contributed by atoms with Crippen LogP contribution in [0, 0.1) is 20.8 Å². The van der Waals surface area contributed by atoms with E-state index in [1.807, 2.05) is 43.9 Å². The number of anilines is 2. The van der Waals surface area contributed by atoms with Crippen LogP contribution in [0.3, 0.4) is 0 Å². The van der Waals surface area contributed by atoms with E-state index in [4.69, 9.17) is 0 Å². The van der Waals surface area contributed by atoms with Gasteiger partial charge in [0.25, 0.3) is 5.91 Å². The number of piperazine rings is 1. The van der Waals surface area contributed by atoms with Crippen LogP contribution in [0.1, 0.15) is 34.2 Å². The van der Waals surface area contributed by atoms with Gasteiger partial charge in [0.1, 0.15) is 17.5 Å². The van der Waals surface area contributed by atoms with Gasteiger partial charge in [0.15, 0.2) is 0 Å². The largest absolute Gasteiger partial charge is 0.370 e. The number of carbonyl (C=O) groups is 1. The number of aryl methyl sites for hydroxylation is 3. The molecule has 6 heteroatoms. The Morgan fingerprint density at radius 3 is 2.27 bits per heavy atom. The zero-order valence-electron chi connectivity index (χ0n) is 16.0. The summed E-state index contributed by atoms with van der Waals surface area (Å²) in [5.74, 6) is 2.64. The summed E-state index contributed by atoms with van der Waals surface area (Å²) in [5.41, 5.74) is 3.03. The summed E-state index contributed by atoms with van der Waals surface area (Å²) in [6, 6.07) is 8.02. The van der Waals surface area contributed by atoms with Crippen molar-refractivity contribution in [3.63, 3.8) is 0 Å². The highest BCUT2D eigenvalue weighted by Gasteiger charge is 2.23. The number of amides is 1. The average Bonchev–Trinajstić information content (AvgIpc) is 2.60. The first-order valence-corrected chi connectivity index (χ1v) is 9.18. The fraction of sp³-hybridized carbons (Fsp3) is 0.450. The Labute approximate surface area is 155 Å². The molecular formula is C20H27N5O. The molecule has 0 atom stereocenters. The summed E-state index contributed by atoms with van der Waals surface area (Å²) >= 11 is 0.